The summed E-state index contributed by atoms with van der Waals surface area (Å²) >= 11 is 0. The highest BCUT2D eigenvalue weighted by molar-refractivity contribution is 7.85. The van der Waals surface area contributed by atoms with Gasteiger partial charge in [0.2, 0.25) is 0 Å². The predicted octanol–water partition coefficient (Wildman–Crippen LogP) is 16.3. The highest BCUT2D eigenvalue weighted by atomic mass is 32.2. The third kappa shape index (κ3) is 5.06. The number of para-hydroxylation sites is 2. The third-order valence-electron chi connectivity index (χ3n) is 13.4. The lowest BCUT2D eigenvalue weighted by molar-refractivity contribution is 0.685. The van der Waals surface area contributed by atoms with Gasteiger partial charge in [0.25, 0.3) is 0 Å². The summed E-state index contributed by atoms with van der Waals surface area (Å²) in [6.07, 6.45) is 0. The van der Waals surface area contributed by atoms with E-state index in [4.69, 9.17) is 0 Å². The van der Waals surface area contributed by atoms with Crippen molar-refractivity contribution in [3.05, 3.63) is 206 Å². The smallest absolute Gasteiger partial charge is 0.0862 e. The topological polar surface area (TPSA) is 26.9 Å². The van der Waals surface area contributed by atoms with Gasteiger partial charge >= 0.3 is 0 Å². The molecule has 1 aliphatic heterocycles. The van der Waals surface area contributed by atoms with Crippen LogP contribution in [-0.4, -0.2) is 13.3 Å². The largest absolute Gasteiger partial charge is 0.308 e. The lowest BCUT2D eigenvalue weighted by Crippen LogP contribution is -2.03. The Morgan fingerprint density at radius 2 is 0.766 bits per heavy atom. The van der Waals surface area contributed by atoms with Crippen molar-refractivity contribution >= 4 is 97.5 Å². The molecule has 0 radical (unpaired) electrons. The molecule has 0 spiro atoms. The number of hydrogen-bond acceptors (Lipinski definition) is 1. The van der Waals surface area contributed by atoms with E-state index in [0.717, 1.165) is 54.2 Å². The molecule has 4 heteroatoms. The van der Waals surface area contributed by atoms with Gasteiger partial charge in [0.1, 0.15) is 0 Å². The monoisotopic (exact) mass is 836 g/mol. The number of benzene rings is 11. The lowest BCUT2D eigenvalue weighted by Gasteiger charge is -2.22. The van der Waals surface area contributed by atoms with Gasteiger partial charge in [0, 0.05) is 59.4 Å². The number of fused-ring (bicyclic) bond motifs is 15. The quantitative estimate of drug-likeness (QED) is 0.163. The molecular weight excluding hydrogens is 797 g/mol. The first-order chi connectivity index (χ1) is 31.7. The minimum atomic E-state index is -1.20. The van der Waals surface area contributed by atoms with E-state index >= 15 is 0 Å². The fourth-order valence-electron chi connectivity index (χ4n) is 10.8. The molecule has 0 bridgehead atoms. The Morgan fingerprint density at radius 3 is 1.39 bits per heavy atom. The van der Waals surface area contributed by atoms with Gasteiger partial charge in [-0.2, -0.15) is 0 Å². The van der Waals surface area contributed by atoms with E-state index in [1.54, 1.807) is 0 Å². The van der Waals surface area contributed by atoms with E-state index in [-0.39, 0.29) is 0 Å². The number of hydrogen-bond donors (Lipinski definition) is 0. The van der Waals surface area contributed by atoms with Crippen LogP contribution >= 0.6 is 0 Å². The van der Waals surface area contributed by atoms with Gasteiger partial charge in [-0.05, 0) is 63.9 Å². The molecule has 0 fully saturated rings. The molecule has 11 aromatic carbocycles. The predicted molar refractivity (Wildman–Crippen MR) is 272 cm³/mol. The second-order valence-corrected chi connectivity index (χ2v) is 18.0. The van der Waals surface area contributed by atoms with Gasteiger partial charge in [-0.3, -0.25) is 0 Å². The Balaban J connectivity index is 0.00000204. The van der Waals surface area contributed by atoms with Crippen LogP contribution in [0.15, 0.2) is 216 Å². The molecule has 1 unspecified atom stereocenters. The van der Waals surface area contributed by atoms with Crippen LogP contribution < -0.4 is 0 Å². The highest BCUT2D eigenvalue weighted by Gasteiger charge is 2.27. The van der Waals surface area contributed by atoms with Crippen molar-refractivity contribution in [3.63, 3.8) is 0 Å². The molecule has 13 aromatic rings. The zero-order valence-corrected chi connectivity index (χ0v) is 36.2. The first kappa shape index (κ1) is 36.8. The van der Waals surface area contributed by atoms with Crippen LogP contribution in [0.4, 0.5) is 0 Å². The van der Waals surface area contributed by atoms with Crippen molar-refractivity contribution in [1.82, 2.24) is 9.13 Å². The fourth-order valence-corrected chi connectivity index (χ4v) is 12.1. The van der Waals surface area contributed by atoms with Gasteiger partial charge in [-0.1, -0.05) is 184 Å². The number of rotatable bonds is 3. The number of nitrogens with zero attached hydrogens (tertiary/aromatic N) is 2. The van der Waals surface area contributed by atoms with E-state index in [1.165, 1.54) is 75.9 Å². The molecule has 14 rings (SSSR count). The first-order valence-electron chi connectivity index (χ1n) is 22.2. The first-order valence-corrected chi connectivity index (χ1v) is 23.3. The van der Waals surface area contributed by atoms with Gasteiger partial charge in [0.05, 0.1) is 54.0 Å². The summed E-state index contributed by atoms with van der Waals surface area (Å²) < 4.78 is 18.7. The molecule has 0 saturated heterocycles. The molecule has 3 heterocycles. The van der Waals surface area contributed by atoms with E-state index in [1.807, 2.05) is 32.0 Å². The van der Waals surface area contributed by atoms with Crippen LogP contribution in [-0.2, 0) is 10.8 Å². The normalized spacial score (nSPS) is 13.4. The molecule has 2 aromatic heterocycles. The zero-order valence-electron chi connectivity index (χ0n) is 35.3. The Kier molecular flexibility index (Phi) is 8.12. The van der Waals surface area contributed by atoms with Crippen molar-refractivity contribution in [3.8, 4) is 33.6 Å². The third-order valence-corrected chi connectivity index (χ3v) is 14.9. The molecule has 3 nitrogen and oxygen atoms in total. The van der Waals surface area contributed by atoms with Gasteiger partial charge in [-0.15, -0.1) is 0 Å². The molecule has 0 aliphatic carbocycles. The van der Waals surface area contributed by atoms with Gasteiger partial charge in [-0.25, -0.2) is 4.21 Å². The second kappa shape index (κ2) is 14.1. The zero-order chi connectivity index (χ0) is 42.6. The fraction of sp³-hybridized carbons (Fsp3) is 0.0333. The van der Waals surface area contributed by atoms with E-state index < -0.39 is 10.8 Å². The standard InChI is InChI=1S/C58H34N2OS.C2H6/c61-62-53-24-12-9-19-43(53)49-33-38(28-32-54(49)62)37-27-31-48-50(34-37)58(59-51-22-10-7-17-41(51)42-18-8-11-23-52(42)59)45-21-6-5-20-44(45)57(48)60-55-39-15-3-1-13-35(39)25-29-46(55)47-30-26-36-14-2-4-16-40(36)56(47)60;1-2/h1-34H;1-2H3. The molecule has 64 heavy (non-hydrogen) atoms. The SMILES string of the molecule is CC.O=S1c2ccccc2-c2cc(-c3ccc4c(-n5c6c7ccccc7ccc6c6ccc7ccccc7c65)c5ccccc5c(-n5c6ccccc6c6ccccc65)c4c3)ccc21. The summed E-state index contributed by atoms with van der Waals surface area (Å²) in [6.45, 7) is 4.00. The van der Waals surface area contributed by atoms with Crippen LogP contribution in [0.2, 0.25) is 0 Å². The minimum absolute atomic E-state index is 0.876. The maximum absolute atomic E-state index is 13.6. The maximum atomic E-state index is 13.6. The molecule has 0 saturated carbocycles. The van der Waals surface area contributed by atoms with Crippen molar-refractivity contribution in [2.75, 3.05) is 0 Å². The minimum Gasteiger partial charge on any atom is -0.308 e. The maximum Gasteiger partial charge on any atom is 0.0862 e. The molecule has 302 valence electrons. The summed E-state index contributed by atoms with van der Waals surface area (Å²) in [6, 6.07) is 75.1. The average Bonchev–Trinajstić information content (AvgIpc) is 3.99. The Hall–Kier alpha value is -7.79. The summed E-state index contributed by atoms with van der Waals surface area (Å²) in [5.74, 6) is 0. The Morgan fingerprint density at radius 1 is 0.328 bits per heavy atom. The average molecular weight is 837 g/mol. The van der Waals surface area contributed by atoms with Crippen molar-refractivity contribution < 1.29 is 4.21 Å². The van der Waals surface area contributed by atoms with Crippen LogP contribution in [0.1, 0.15) is 13.8 Å². The molecule has 0 amide bonds. The van der Waals surface area contributed by atoms with E-state index in [0.29, 0.717) is 0 Å². The molecular formula is C60H40N2OS. The van der Waals surface area contributed by atoms with Crippen LogP contribution in [0.3, 0.4) is 0 Å². The molecule has 1 atom stereocenters. The Bertz CT molecular complexity index is 3990. The van der Waals surface area contributed by atoms with Crippen molar-refractivity contribution in [2.24, 2.45) is 0 Å². The van der Waals surface area contributed by atoms with Crippen LogP contribution in [0, 0.1) is 0 Å². The van der Waals surface area contributed by atoms with Crippen LogP contribution in [0.25, 0.3) is 120 Å². The highest BCUT2D eigenvalue weighted by Crippen LogP contribution is 2.48. The summed E-state index contributed by atoms with van der Waals surface area (Å²) in [7, 11) is -1.20. The van der Waals surface area contributed by atoms with Crippen molar-refractivity contribution in [1.29, 1.82) is 0 Å². The van der Waals surface area contributed by atoms with Gasteiger partial charge in [0.15, 0.2) is 0 Å². The molecule has 0 N–H and O–H groups in total. The summed E-state index contributed by atoms with van der Waals surface area (Å²) in [4.78, 5) is 1.76. The number of aromatic nitrogens is 2. The van der Waals surface area contributed by atoms with E-state index in [2.05, 4.69) is 197 Å². The molecule has 1 aliphatic rings. The summed E-state index contributed by atoms with van der Waals surface area (Å²) in [5.41, 5.74) is 11.4. The van der Waals surface area contributed by atoms with Crippen molar-refractivity contribution in [2.45, 2.75) is 23.6 Å². The lowest BCUT2D eigenvalue weighted by atomic mass is 9.93. The summed E-state index contributed by atoms with van der Waals surface area (Å²) in [5, 5.41) is 14.5. The van der Waals surface area contributed by atoms with E-state index in [9.17, 15) is 4.21 Å². The Labute approximate surface area is 372 Å². The second-order valence-electron chi connectivity index (χ2n) is 16.5. The van der Waals surface area contributed by atoms with Gasteiger partial charge < -0.3 is 9.13 Å². The van der Waals surface area contributed by atoms with Crippen LogP contribution in [0.5, 0.6) is 0 Å².